The normalized spacial score (nSPS) is 12.5. The Kier molecular flexibility index (Phi) is 25.2. The van der Waals surface area contributed by atoms with Crippen molar-refractivity contribution in [1.29, 1.82) is 0 Å². The molecule has 0 amide bonds. The predicted octanol–water partition coefficient (Wildman–Crippen LogP) is 10.5. The van der Waals surface area contributed by atoms with Crippen molar-refractivity contribution >= 4 is 0 Å². The van der Waals surface area contributed by atoms with E-state index in [1.807, 2.05) is 0 Å². The van der Waals surface area contributed by atoms with Crippen LogP contribution in [0.3, 0.4) is 0 Å². The van der Waals surface area contributed by atoms with E-state index < -0.39 is 0 Å². The Bertz CT molecular complexity index is 429. The molecule has 0 radical (unpaired) electrons. The first kappa shape index (κ1) is 35.9. The van der Waals surface area contributed by atoms with Gasteiger partial charge < -0.3 is 8.97 Å². The third-order valence-electron chi connectivity index (χ3n) is 8.51. The van der Waals surface area contributed by atoms with E-state index in [2.05, 4.69) is 42.0 Å². The molecule has 0 aliphatic carbocycles. The zero-order chi connectivity index (χ0) is 26.8. The van der Waals surface area contributed by atoms with Crippen LogP contribution in [-0.2, 0) is 0 Å². The van der Waals surface area contributed by atoms with Crippen LogP contribution in [0.15, 0.2) is 0 Å². The molecule has 0 unspecified atom stereocenters. The fourth-order valence-electron chi connectivity index (χ4n) is 5.68. The van der Waals surface area contributed by atoms with E-state index in [0.29, 0.717) is 0 Å². The lowest BCUT2D eigenvalue weighted by atomic mass is 10.0. The summed E-state index contributed by atoms with van der Waals surface area (Å²) in [6.07, 6.45) is 34.8. The number of nitrogens with zero attached hydrogens (tertiary/aromatic N) is 2. The van der Waals surface area contributed by atoms with Gasteiger partial charge in [0.25, 0.3) is 0 Å². The van der Waals surface area contributed by atoms with Crippen LogP contribution < -0.4 is 0 Å². The third kappa shape index (κ3) is 27.0. The van der Waals surface area contributed by atoms with Gasteiger partial charge in [-0.05, 0) is 19.3 Å². The number of hydrogen-bond donors (Lipinski definition) is 0. The Morgan fingerprint density at radius 1 is 0.250 bits per heavy atom. The molecular formula is C34H74N2+2. The van der Waals surface area contributed by atoms with E-state index in [-0.39, 0.29) is 0 Å². The van der Waals surface area contributed by atoms with Gasteiger partial charge in [-0.2, -0.15) is 0 Å². The number of rotatable bonds is 29. The van der Waals surface area contributed by atoms with Crippen LogP contribution in [0.1, 0.15) is 168 Å². The standard InChI is InChI=1S/C34H74N2/c1-7-9-11-12-13-14-15-16-17-18-19-20-21-22-23-24-25-26-27-28-32-36(5,6)34-30-29-33-35(3,4)31-10-8-2/h7-34H2,1-6H3/q+2. The van der Waals surface area contributed by atoms with Crippen LogP contribution in [0.25, 0.3) is 0 Å². The van der Waals surface area contributed by atoms with Crippen molar-refractivity contribution in [3.05, 3.63) is 0 Å². The molecule has 218 valence electrons. The summed E-state index contributed by atoms with van der Waals surface area (Å²) in [7, 11) is 9.73. The zero-order valence-corrected chi connectivity index (χ0v) is 26.7. The highest BCUT2D eigenvalue weighted by Crippen LogP contribution is 2.15. The number of quaternary nitrogens is 2. The number of unbranched alkanes of at least 4 members (excludes halogenated alkanes) is 21. The lowest BCUT2D eigenvalue weighted by molar-refractivity contribution is -0.897. The maximum absolute atomic E-state index is 2.45. The summed E-state index contributed by atoms with van der Waals surface area (Å²) >= 11 is 0. The van der Waals surface area contributed by atoms with Gasteiger partial charge in [-0.1, -0.05) is 136 Å². The monoisotopic (exact) mass is 511 g/mol. The summed E-state index contributed by atoms with van der Waals surface area (Å²) in [4.78, 5) is 0. The first-order valence-corrected chi connectivity index (χ1v) is 17.0. The summed E-state index contributed by atoms with van der Waals surface area (Å²) in [5.74, 6) is 0. The van der Waals surface area contributed by atoms with Gasteiger partial charge in [-0.25, -0.2) is 0 Å². The molecule has 0 atom stereocenters. The SMILES string of the molecule is CCCCCCCCCCCCCCCCCCCCCC[N+](C)(C)CCCC[N+](C)(C)CCCC. The Labute approximate surface area is 231 Å². The lowest BCUT2D eigenvalue weighted by Crippen LogP contribution is -2.43. The molecule has 0 heterocycles. The second-order valence-corrected chi connectivity index (χ2v) is 13.5. The molecule has 0 aliphatic heterocycles. The quantitative estimate of drug-likeness (QED) is 0.0693. The van der Waals surface area contributed by atoms with Gasteiger partial charge in [-0.15, -0.1) is 0 Å². The summed E-state index contributed by atoms with van der Waals surface area (Å²) in [6.45, 7) is 10.0. The van der Waals surface area contributed by atoms with Crippen molar-refractivity contribution in [2.45, 2.75) is 168 Å². The first-order valence-electron chi connectivity index (χ1n) is 17.0. The topological polar surface area (TPSA) is 0 Å². The summed E-state index contributed by atoms with van der Waals surface area (Å²) in [5, 5.41) is 0. The molecule has 0 fully saturated rings. The Hall–Kier alpha value is -0.0800. The average molecular weight is 511 g/mol. The zero-order valence-electron chi connectivity index (χ0n) is 26.7. The van der Waals surface area contributed by atoms with E-state index in [1.54, 1.807) is 0 Å². The van der Waals surface area contributed by atoms with Gasteiger partial charge in [-0.3, -0.25) is 0 Å². The van der Waals surface area contributed by atoms with Crippen molar-refractivity contribution in [3.63, 3.8) is 0 Å². The molecule has 0 spiro atoms. The minimum Gasteiger partial charge on any atom is -0.328 e. The fraction of sp³-hybridized carbons (Fsp3) is 1.00. The van der Waals surface area contributed by atoms with Crippen LogP contribution in [0.2, 0.25) is 0 Å². The highest BCUT2D eigenvalue weighted by molar-refractivity contribution is 4.51. The summed E-state index contributed by atoms with van der Waals surface area (Å²) in [5.41, 5.74) is 0. The van der Waals surface area contributed by atoms with Crippen molar-refractivity contribution in [2.24, 2.45) is 0 Å². The van der Waals surface area contributed by atoms with Crippen LogP contribution in [-0.4, -0.2) is 63.3 Å². The minimum atomic E-state index is 1.21. The van der Waals surface area contributed by atoms with Gasteiger partial charge in [0.15, 0.2) is 0 Å². The molecule has 2 nitrogen and oxygen atoms in total. The number of hydrogen-bond acceptors (Lipinski definition) is 0. The van der Waals surface area contributed by atoms with E-state index in [1.165, 1.54) is 189 Å². The average Bonchev–Trinajstić information content (AvgIpc) is 2.84. The van der Waals surface area contributed by atoms with Gasteiger partial charge in [0, 0.05) is 12.8 Å². The first-order chi connectivity index (χ1) is 17.3. The van der Waals surface area contributed by atoms with E-state index in [4.69, 9.17) is 0 Å². The van der Waals surface area contributed by atoms with Crippen molar-refractivity contribution in [2.75, 3.05) is 54.4 Å². The summed E-state index contributed by atoms with van der Waals surface area (Å²) in [6, 6.07) is 0. The highest BCUT2D eigenvalue weighted by atomic mass is 15.3. The smallest absolute Gasteiger partial charge is 0.0784 e. The van der Waals surface area contributed by atoms with Crippen LogP contribution in [0.4, 0.5) is 0 Å². The maximum atomic E-state index is 2.45. The molecule has 0 saturated carbocycles. The fourth-order valence-corrected chi connectivity index (χ4v) is 5.68. The van der Waals surface area contributed by atoms with E-state index >= 15 is 0 Å². The van der Waals surface area contributed by atoms with Crippen molar-refractivity contribution in [1.82, 2.24) is 0 Å². The van der Waals surface area contributed by atoms with Gasteiger partial charge in [0.2, 0.25) is 0 Å². The second kappa shape index (κ2) is 25.2. The third-order valence-corrected chi connectivity index (χ3v) is 8.51. The maximum Gasteiger partial charge on any atom is 0.0784 e. The van der Waals surface area contributed by atoms with E-state index in [9.17, 15) is 0 Å². The predicted molar refractivity (Wildman–Crippen MR) is 166 cm³/mol. The molecule has 0 rings (SSSR count). The Morgan fingerprint density at radius 2 is 0.444 bits per heavy atom. The highest BCUT2D eigenvalue weighted by Gasteiger charge is 2.17. The molecule has 0 bridgehead atoms. The lowest BCUT2D eigenvalue weighted by Gasteiger charge is -2.32. The van der Waals surface area contributed by atoms with Crippen LogP contribution in [0.5, 0.6) is 0 Å². The van der Waals surface area contributed by atoms with Gasteiger partial charge >= 0.3 is 0 Å². The Morgan fingerprint density at radius 3 is 0.722 bits per heavy atom. The molecule has 36 heavy (non-hydrogen) atoms. The molecule has 0 N–H and O–H groups in total. The summed E-state index contributed by atoms with van der Waals surface area (Å²) < 4.78 is 2.43. The van der Waals surface area contributed by atoms with Gasteiger partial charge in [0.05, 0.1) is 54.4 Å². The Balaban J connectivity index is 3.35. The van der Waals surface area contributed by atoms with Crippen molar-refractivity contribution in [3.8, 4) is 0 Å². The van der Waals surface area contributed by atoms with Crippen LogP contribution in [0, 0.1) is 0 Å². The van der Waals surface area contributed by atoms with Crippen molar-refractivity contribution < 1.29 is 8.97 Å². The van der Waals surface area contributed by atoms with E-state index in [0.717, 1.165) is 0 Å². The molecule has 2 heteroatoms. The second-order valence-electron chi connectivity index (χ2n) is 13.5. The molecule has 0 aromatic heterocycles. The molecule has 0 saturated heterocycles. The van der Waals surface area contributed by atoms with Crippen LogP contribution >= 0.6 is 0 Å². The molecule has 0 aliphatic rings. The molecule has 0 aromatic carbocycles. The molecule has 0 aromatic rings. The molecular weight excluding hydrogens is 436 g/mol. The minimum absolute atomic E-state index is 1.21. The van der Waals surface area contributed by atoms with Gasteiger partial charge in [0.1, 0.15) is 0 Å². The largest absolute Gasteiger partial charge is 0.328 e.